The normalized spacial score (nSPS) is 10.8. The number of anilines is 3. The van der Waals surface area contributed by atoms with Crippen LogP contribution < -0.4 is 21.3 Å². The molecule has 4 aromatic rings. The maximum Gasteiger partial charge on any atom is 0.261 e. The number of ether oxygens (including phenoxy) is 1. The Labute approximate surface area is 159 Å². The molecule has 0 fully saturated rings. The van der Waals surface area contributed by atoms with Crippen LogP contribution in [0.25, 0.3) is 10.9 Å². The minimum Gasteiger partial charge on any atom is -0.495 e. The van der Waals surface area contributed by atoms with Gasteiger partial charge in [-0.15, -0.1) is 0 Å². The Hall–Kier alpha value is -4.01. The summed E-state index contributed by atoms with van der Waals surface area (Å²) in [5.74, 6) is 1.28. The first-order valence-electron chi connectivity index (χ1n) is 8.48. The zero-order valence-electron chi connectivity index (χ0n) is 15.0. The van der Waals surface area contributed by atoms with Gasteiger partial charge in [0.15, 0.2) is 5.82 Å². The Balaban J connectivity index is 1.66. The lowest BCUT2D eigenvalue weighted by atomic mass is 10.2. The van der Waals surface area contributed by atoms with Crippen molar-refractivity contribution in [2.24, 2.45) is 0 Å². The molecule has 2 heterocycles. The number of nitrogens with one attached hydrogen (secondary N) is 1. The van der Waals surface area contributed by atoms with Gasteiger partial charge in [-0.3, -0.25) is 9.36 Å². The highest BCUT2D eigenvalue weighted by atomic mass is 16.5. The Bertz CT molecular complexity index is 1210. The van der Waals surface area contributed by atoms with Crippen molar-refractivity contribution in [2.45, 2.75) is 6.54 Å². The van der Waals surface area contributed by atoms with Gasteiger partial charge < -0.3 is 15.8 Å². The van der Waals surface area contributed by atoms with Crippen LogP contribution in [0.3, 0.4) is 0 Å². The van der Waals surface area contributed by atoms with Crippen molar-refractivity contribution in [3.8, 4) is 5.75 Å². The lowest BCUT2D eigenvalue weighted by Gasteiger charge is -2.11. The number of rotatable bonds is 5. The van der Waals surface area contributed by atoms with E-state index in [0.29, 0.717) is 28.2 Å². The second kappa shape index (κ2) is 7.31. The van der Waals surface area contributed by atoms with Crippen LogP contribution >= 0.6 is 0 Å². The summed E-state index contributed by atoms with van der Waals surface area (Å²) in [5.41, 5.74) is 6.98. The van der Waals surface area contributed by atoms with Gasteiger partial charge in [0.2, 0.25) is 11.9 Å². The molecule has 9 heteroatoms. The number of nitrogens with zero attached hydrogens (tertiary/aromatic N) is 5. The molecular weight excluding hydrogens is 358 g/mol. The van der Waals surface area contributed by atoms with E-state index in [9.17, 15) is 4.79 Å². The third-order valence-corrected chi connectivity index (χ3v) is 4.10. The van der Waals surface area contributed by atoms with Crippen molar-refractivity contribution in [2.75, 3.05) is 18.2 Å². The second-order valence-electron chi connectivity index (χ2n) is 5.95. The molecule has 0 spiro atoms. The third kappa shape index (κ3) is 3.45. The Morgan fingerprint density at radius 2 is 1.86 bits per heavy atom. The van der Waals surface area contributed by atoms with Crippen LogP contribution in [0.1, 0.15) is 5.82 Å². The molecule has 2 aromatic heterocycles. The van der Waals surface area contributed by atoms with Crippen molar-refractivity contribution in [3.63, 3.8) is 0 Å². The standard InChI is InChI=1S/C19H17N7O2/c1-28-15-9-5-4-8-14(15)22-19-24-16(23-18(20)25-19)10-26-11-21-13-7-3-2-6-12(13)17(26)27/h2-9,11H,10H2,1H3,(H3,20,22,23,24,25). The number of aromatic nitrogens is 5. The van der Waals surface area contributed by atoms with E-state index >= 15 is 0 Å². The predicted molar refractivity (Wildman–Crippen MR) is 106 cm³/mol. The molecule has 0 amide bonds. The molecule has 0 unspecified atom stereocenters. The van der Waals surface area contributed by atoms with Crippen LogP contribution in [0.15, 0.2) is 59.7 Å². The molecular formula is C19H17N7O2. The molecule has 0 atom stereocenters. The molecule has 0 saturated carbocycles. The summed E-state index contributed by atoms with van der Waals surface area (Å²) >= 11 is 0. The minimum atomic E-state index is -0.177. The zero-order chi connectivity index (χ0) is 19.5. The fourth-order valence-electron chi connectivity index (χ4n) is 2.80. The number of fused-ring (bicyclic) bond motifs is 1. The van der Waals surface area contributed by atoms with E-state index < -0.39 is 0 Å². The quantitative estimate of drug-likeness (QED) is 0.543. The van der Waals surface area contributed by atoms with Crippen LogP contribution in [0, 0.1) is 0 Å². The van der Waals surface area contributed by atoms with E-state index in [1.54, 1.807) is 25.3 Å². The molecule has 4 rings (SSSR count). The van der Waals surface area contributed by atoms with E-state index in [0.717, 1.165) is 0 Å². The van der Waals surface area contributed by atoms with Crippen LogP contribution in [-0.4, -0.2) is 31.6 Å². The van der Waals surface area contributed by atoms with Crippen molar-refractivity contribution in [3.05, 3.63) is 71.0 Å². The van der Waals surface area contributed by atoms with Gasteiger partial charge >= 0.3 is 0 Å². The number of hydrogen-bond acceptors (Lipinski definition) is 8. The maximum atomic E-state index is 12.7. The van der Waals surface area contributed by atoms with Crippen LogP contribution in [0.4, 0.5) is 17.6 Å². The van der Waals surface area contributed by atoms with E-state index in [1.165, 1.54) is 10.9 Å². The monoisotopic (exact) mass is 375 g/mol. The predicted octanol–water partition coefficient (Wildman–Crippen LogP) is 1.96. The highest BCUT2D eigenvalue weighted by Crippen LogP contribution is 2.25. The highest BCUT2D eigenvalue weighted by molar-refractivity contribution is 5.76. The molecule has 28 heavy (non-hydrogen) atoms. The van der Waals surface area contributed by atoms with Crippen molar-refractivity contribution < 1.29 is 4.74 Å². The van der Waals surface area contributed by atoms with E-state index in [4.69, 9.17) is 10.5 Å². The van der Waals surface area contributed by atoms with Gasteiger partial charge in [-0.05, 0) is 24.3 Å². The summed E-state index contributed by atoms with van der Waals surface area (Å²) < 4.78 is 6.75. The first-order chi connectivity index (χ1) is 13.6. The topological polar surface area (TPSA) is 121 Å². The SMILES string of the molecule is COc1ccccc1Nc1nc(N)nc(Cn2cnc3ccccc3c2=O)n1. The van der Waals surface area contributed by atoms with Crippen molar-refractivity contribution in [1.29, 1.82) is 0 Å². The number of nitrogens with two attached hydrogens (primary N) is 1. The van der Waals surface area contributed by atoms with Crippen molar-refractivity contribution >= 4 is 28.5 Å². The van der Waals surface area contributed by atoms with Crippen LogP contribution in [-0.2, 0) is 6.54 Å². The molecule has 2 aromatic carbocycles. The van der Waals surface area contributed by atoms with Crippen LogP contribution in [0.5, 0.6) is 5.75 Å². The molecule has 0 saturated heterocycles. The number of nitrogen functional groups attached to an aromatic ring is 1. The average Bonchev–Trinajstić information content (AvgIpc) is 2.70. The van der Waals surface area contributed by atoms with Gasteiger partial charge in [0.1, 0.15) is 5.75 Å². The van der Waals surface area contributed by atoms with Gasteiger partial charge in [0, 0.05) is 0 Å². The molecule has 0 aliphatic rings. The van der Waals surface area contributed by atoms with Gasteiger partial charge in [-0.2, -0.15) is 15.0 Å². The van der Waals surface area contributed by atoms with Gasteiger partial charge in [-0.25, -0.2) is 4.98 Å². The van der Waals surface area contributed by atoms with E-state index in [-0.39, 0.29) is 24.0 Å². The third-order valence-electron chi connectivity index (χ3n) is 4.10. The van der Waals surface area contributed by atoms with Gasteiger partial charge in [0.05, 0.1) is 36.6 Å². The first-order valence-corrected chi connectivity index (χ1v) is 8.48. The average molecular weight is 375 g/mol. The second-order valence-corrected chi connectivity index (χ2v) is 5.95. The van der Waals surface area contributed by atoms with E-state index in [1.807, 2.05) is 30.3 Å². The molecule has 9 nitrogen and oxygen atoms in total. The molecule has 0 radical (unpaired) electrons. The summed E-state index contributed by atoms with van der Waals surface area (Å²) in [6.45, 7) is 0.115. The van der Waals surface area contributed by atoms with Gasteiger partial charge in [-0.1, -0.05) is 24.3 Å². The number of benzene rings is 2. The highest BCUT2D eigenvalue weighted by Gasteiger charge is 2.10. The molecule has 0 aliphatic carbocycles. The fourth-order valence-corrected chi connectivity index (χ4v) is 2.80. The lowest BCUT2D eigenvalue weighted by molar-refractivity contribution is 0.417. The molecule has 140 valence electrons. The summed E-state index contributed by atoms with van der Waals surface area (Å²) in [6.07, 6.45) is 1.47. The zero-order valence-corrected chi connectivity index (χ0v) is 15.0. The van der Waals surface area contributed by atoms with Gasteiger partial charge in [0.25, 0.3) is 5.56 Å². The summed E-state index contributed by atoms with van der Waals surface area (Å²) in [6, 6.07) is 14.5. The van der Waals surface area contributed by atoms with Crippen LogP contribution in [0.2, 0.25) is 0 Å². The molecule has 0 aliphatic heterocycles. The lowest BCUT2D eigenvalue weighted by Crippen LogP contribution is -2.22. The smallest absolute Gasteiger partial charge is 0.261 e. The Morgan fingerprint density at radius 3 is 2.71 bits per heavy atom. The molecule has 3 N–H and O–H groups in total. The fraction of sp³-hybridized carbons (Fsp3) is 0.105. The number of hydrogen-bond donors (Lipinski definition) is 2. The number of methoxy groups -OCH3 is 1. The van der Waals surface area contributed by atoms with Crippen molar-refractivity contribution in [1.82, 2.24) is 24.5 Å². The first kappa shape index (κ1) is 17.4. The Kier molecular flexibility index (Phi) is 4.55. The minimum absolute atomic E-state index is 0.0456. The maximum absolute atomic E-state index is 12.7. The van der Waals surface area contributed by atoms with E-state index in [2.05, 4.69) is 25.3 Å². The largest absolute Gasteiger partial charge is 0.495 e. The summed E-state index contributed by atoms with van der Waals surface area (Å²) in [7, 11) is 1.58. The summed E-state index contributed by atoms with van der Waals surface area (Å²) in [5, 5.41) is 3.59. The number of para-hydroxylation sites is 3. The Morgan fingerprint density at radius 1 is 1.07 bits per heavy atom. The molecule has 0 bridgehead atoms. The summed E-state index contributed by atoms with van der Waals surface area (Å²) in [4.78, 5) is 29.6.